The van der Waals surface area contributed by atoms with Crippen molar-refractivity contribution in [3.63, 3.8) is 0 Å². The van der Waals surface area contributed by atoms with E-state index < -0.39 is 0 Å². The highest BCUT2D eigenvalue weighted by Gasteiger charge is 2.33. The maximum Gasteiger partial charge on any atom is 0.227 e. The predicted molar refractivity (Wildman–Crippen MR) is 57.5 cm³/mol. The van der Waals surface area contributed by atoms with E-state index in [1.165, 1.54) is 32.1 Å². The summed E-state index contributed by atoms with van der Waals surface area (Å²) in [7, 11) is 0. The summed E-state index contributed by atoms with van der Waals surface area (Å²) in [6.45, 7) is 2.81. The van der Waals surface area contributed by atoms with Crippen molar-refractivity contribution in [1.82, 2.24) is 10.1 Å². The largest absolute Gasteiger partial charge is 0.339 e. The van der Waals surface area contributed by atoms with Crippen LogP contribution in [0.15, 0.2) is 4.52 Å². The SMILES string of the molecule is CC1(c2noc(CCN)n2)CCCCC1. The van der Waals surface area contributed by atoms with Crippen molar-refractivity contribution in [3.05, 3.63) is 11.7 Å². The van der Waals surface area contributed by atoms with Gasteiger partial charge in [-0.05, 0) is 12.8 Å². The van der Waals surface area contributed by atoms with Crippen LogP contribution in [0.2, 0.25) is 0 Å². The molecule has 0 saturated heterocycles. The maximum absolute atomic E-state index is 5.45. The van der Waals surface area contributed by atoms with E-state index >= 15 is 0 Å². The molecule has 1 heterocycles. The van der Waals surface area contributed by atoms with Gasteiger partial charge in [-0.3, -0.25) is 0 Å². The Morgan fingerprint density at radius 1 is 1.33 bits per heavy atom. The highest BCUT2D eigenvalue weighted by Crippen LogP contribution is 2.37. The van der Waals surface area contributed by atoms with Crippen LogP contribution < -0.4 is 5.73 Å². The lowest BCUT2D eigenvalue weighted by atomic mass is 9.75. The fraction of sp³-hybridized carbons (Fsp3) is 0.818. The lowest BCUT2D eigenvalue weighted by molar-refractivity contribution is 0.287. The third kappa shape index (κ3) is 2.20. The molecule has 1 aliphatic rings. The minimum atomic E-state index is 0.134. The summed E-state index contributed by atoms with van der Waals surface area (Å²) < 4.78 is 5.18. The van der Waals surface area contributed by atoms with Crippen molar-refractivity contribution in [1.29, 1.82) is 0 Å². The summed E-state index contributed by atoms with van der Waals surface area (Å²) in [6.07, 6.45) is 6.92. The second-order valence-corrected chi connectivity index (χ2v) is 4.67. The Kier molecular flexibility index (Phi) is 3.05. The third-order valence-electron chi connectivity index (χ3n) is 3.32. The van der Waals surface area contributed by atoms with Crippen LogP contribution in [0.4, 0.5) is 0 Å². The van der Waals surface area contributed by atoms with Crippen LogP contribution in [0.3, 0.4) is 0 Å². The number of aromatic nitrogens is 2. The van der Waals surface area contributed by atoms with E-state index in [4.69, 9.17) is 10.3 Å². The summed E-state index contributed by atoms with van der Waals surface area (Å²) in [5.41, 5.74) is 5.59. The van der Waals surface area contributed by atoms with Crippen LogP contribution in [-0.2, 0) is 11.8 Å². The van der Waals surface area contributed by atoms with Crippen molar-refractivity contribution in [3.8, 4) is 0 Å². The monoisotopic (exact) mass is 209 g/mol. The average Bonchev–Trinajstić information content (AvgIpc) is 2.69. The summed E-state index contributed by atoms with van der Waals surface area (Å²) in [4.78, 5) is 4.44. The number of rotatable bonds is 3. The van der Waals surface area contributed by atoms with Crippen molar-refractivity contribution in [2.75, 3.05) is 6.54 Å². The molecule has 84 valence electrons. The Morgan fingerprint density at radius 3 is 2.73 bits per heavy atom. The molecule has 0 atom stereocenters. The zero-order valence-corrected chi connectivity index (χ0v) is 9.33. The van der Waals surface area contributed by atoms with Crippen LogP contribution in [0, 0.1) is 0 Å². The number of nitrogens with two attached hydrogens (primary N) is 1. The van der Waals surface area contributed by atoms with Gasteiger partial charge in [-0.1, -0.05) is 31.3 Å². The standard InChI is InChI=1S/C11H19N3O/c1-11(6-3-2-4-7-11)10-13-9(5-8-12)15-14-10/h2-8,12H2,1H3. The van der Waals surface area contributed by atoms with E-state index in [-0.39, 0.29) is 5.41 Å². The van der Waals surface area contributed by atoms with E-state index in [0.29, 0.717) is 18.9 Å². The van der Waals surface area contributed by atoms with Gasteiger partial charge < -0.3 is 10.3 Å². The smallest absolute Gasteiger partial charge is 0.227 e. The third-order valence-corrected chi connectivity index (χ3v) is 3.32. The average molecular weight is 209 g/mol. The molecule has 0 bridgehead atoms. The summed E-state index contributed by atoms with van der Waals surface area (Å²) in [5, 5.41) is 4.09. The first kappa shape index (κ1) is 10.6. The Hall–Kier alpha value is -0.900. The first-order valence-electron chi connectivity index (χ1n) is 5.78. The van der Waals surface area contributed by atoms with Crippen LogP contribution >= 0.6 is 0 Å². The minimum Gasteiger partial charge on any atom is -0.339 e. The zero-order chi connectivity index (χ0) is 10.7. The second-order valence-electron chi connectivity index (χ2n) is 4.67. The van der Waals surface area contributed by atoms with Gasteiger partial charge in [0.15, 0.2) is 5.82 Å². The van der Waals surface area contributed by atoms with Gasteiger partial charge in [0.1, 0.15) is 0 Å². The van der Waals surface area contributed by atoms with Crippen molar-refractivity contribution < 1.29 is 4.52 Å². The van der Waals surface area contributed by atoms with Gasteiger partial charge in [-0.15, -0.1) is 0 Å². The van der Waals surface area contributed by atoms with E-state index in [1.807, 2.05) is 0 Å². The Balaban J connectivity index is 2.12. The summed E-state index contributed by atoms with van der Waals surface area (Å²) in [6, 6.07) is 0. The van der Waals surface area contributed by atoms with Crippen LogP contribution in [0.1, 0.15) is 50.7 Å². The van der Waals surface area contributed by atoms with Crippen LogP contribution in [0.5, 0.6) is 0 Å². The molecule has 1 aromatic rings. The van der Waals surface area contributed by atoms with Gasteiger partial charge in [-0.2, -0.15) is 4.98 Å². The first-order chi connectivity index (χ1) is 7.24. The summed E-state index contributed by atoms with van der Waals surface area (Å²) in [5.74, 6) is 1.56. The number of hydrogen-bond donors (Lipinski definition) is 1. The molecular formula is C11H19N3O. The normalized spacial score (nSPS) is 20.4. The molecule has 0 amide bonds. The lowest BCUT2D eigenvalue weighted by Gasteiger charge is -2.29. The van der Waals surface area contributed by atoms with Gasteiger partial charge in [0.25, 0.3) is 0 Å². The fourth-order valence-corrected chi connectivity index (χ4v) is 2.28. The van der Waals surface area contributed by atoms with Crippen molar-refractivity contribution in [2.45, 2.75) is 50.9 Å². The number of nitrogens with zero attached hydrogens (tertiary/aromatic N) is 2. The molecule has 1 fully saturated rings. The van der Waals surface area contributed by atoms with Gasteiger partial charge in [0.05, 0.1) is 0 Å². The predicted octanol–water partition coefficient (Wildman–Crippen LogP) is 1.79. The molecule has 0 spiro atoms. The molecule has 2 N–H and O–H groups in total. The Labute approximate surface area is 90.2 Å². The molecule has 0 unspecified atom stereocenters. The molecule has 1 aromatic heterocycles. The maximum atomic E-state index is 5.45. The fourth-order valence-electron chi connectivity index (χ4n) is 2.28. The molecule has 4 nitrogen and oxygen atoms in total. The van der Waals surface area contributed by atoms with E-state index in [0.717, 1.165) is 5.82 Å². The van der Waals surface area contributed by atoms with Gasteiger partial charge in [0.2, 0.25) is 5.89 Å². The van der Waals surface area contributed by atoms with E-state index in [2.05, 4.69) is 17.1 Å². The quantitative estimate of drug-likeness (QED) is 0.824. The van der Waals surface area contributed by atoms with Gasteiger partial charge in [-0.25, -0.2) is 0 Å². The van der Waals surface area contributed by atoms with Crippen LogP contribution in [0.25, 0.3) is 0 Å². The molecule has 0 radical (unpaired) electrons. The highest BCUT2D eigenvalue weighted by molar-refractivity contribution is 5.06. The molecular weight excluding hydrogens is 190 g/mol. The lowest BCUT2D eigenvalue weighted by Crippen LogP contribution is -2.26. The van der Waals surface area contributed by atoms with Gasteiger partial charge in [0, 0.05) is 18.4 Å². The molecule has 4 heteroatoms. The first-order valence-corrected chi connectivity index (χ1v) is 5.78. The molecule has 1 saturated carbocycles. The topological polar surface area (TPSA) is 64.9 Å². The van der Waals surface area contributed by atoms with E-state index in [9.17, 15) is 0 Å². The number of hydrogen-bond acceptors (Lipinski definition) is 4. The molecule has 15 heavy (non-hydrogen) atoms. The van der Waals surface area contributed by atoms with E-state index in [1.54, 1.807) is 0 Å². The zero-order valence-electron chi connectivity index (χ0n) is 9.33. The van der Waals surface area contributed by atoms with Crippen molar-refractivity contribution in [2.24, 2.45) is 5.73 Å². The summed E-state index contributed by atoms with van der Waals surface area (Å²) >= 11 is 0. The van der Waals surface area contributed by atoms with Crippen molar-refractivity contribution >= 4 is 0 Å². The Bertz CT molecular complexity index is 315. The van der Waals surface area contributed by atoms with Crippen LogP contribution in [-0.4, -0.2) is 16.7 Å². The molecule has 2 rings (SSSR count). The second kappa shape index (κ2) is 4.31. The highest BCUT2D eigenvalue weighted by atomic mass is 16.5. The Morgan fingerprint density at radius 2 is 2.07 bits per heavy atom. The molecule has 0 aromatic carbocycles. The molecule has 0 aliphatic heterocycles. The molecule has 1 aliphatic carbocycles. The minimum absolute atomic E-state index is 0.134. The van der Waals surface area contributed by atoms with Gasteiger partial charge >= 0.3 is 0 Å².